The number of hydrogen-bond donors (Lipinski definition) is 2. The van der Waals surface area contributed by atoms with Crippen molar-refractivity contribution in [2.45, 2.75) is 12.8 Å². The molecule has 102 valence electrons. The zero-order valence-corrected chi connectivity index (χ0v) is 13.2. The van der Waals surface area contributed by atoms with Gasteiger partial charge in [-0.05, 0) is 60.6 Å². The highest BCUT2D eigenvalue weighted by atomic mass is 79.9. The molecule has 0 saturated carbocycles. The van der Waals surface area contributed by atoms with E-state index in [1.54, 1.807) is 18.2 Å². The fourth-order valence-electron chi connectivity index (χ4n) is 1.38. The summed E-state index contributed by atoms with van der Waals surface area (Å²) in [5, 5.41) is 3.54. The summed E-state index contributed by atoms with van der Waals surface area (Å²) in [7, 11) is -1.46. The lowest BCUT2D eigenvalue weighted by Gasteiger charge is -2.09. The maximum Gasteiger partial charge on any atom is 0.232 e. The molecule has 1 rings (SSSR count). The second-order valence-electron chi connectivity index (χ2n) is 3.86. The minimum absolute atomic E-state index is 0.115. The quantitative estimate of drug-likeness (QED) is 0.739. The highest BCUT2D eigenvalue weighted by Gasteiger charge is 2.12. The number of unbranched alkanes of at least 4 members (excludes halogenated alkanes) is 1. The van der Waals surface area contributed by atoms with Gasteiger partial charge >= 0.3 is 0 Å². The van der Waals surface area contributed by atoms with Gasteiger partial charge in [-0.3, -0.25) is 4.72 Å². The van der Waals surface area contributed by atoms with Crippen LogP contribution in [0.25, 0.3) is 0 Å². The van der Waals surface area contributed by atoms with Gasteiger partial charge in [0.05, 0.1) is 11.4 Å². The molecule has 7 heteroatoms. The second kappa shape index (κ2) is 7.33. The number of rotatable bonds is 7. The predicted molar refractivity (Wildman–Crippen MR) is 79.7 cm³/mol. The molecule has 1 aromatic carbocycles. The van der Waals surface area contributed by atoms with E-state index in [9.17, 15) is 8.42 Å². The Morgan fingerprint density at radius 3 is 2.67 bits per heavy atom. The molecule has 18 heavy (non-hydrogen) atoms. The van der Waals surface area contributed by atoms with Crippen molar-refractivity contribution in [3.05, 3.63) is 27.7 Å². The van der Waals surface area contributed by atoms with Crippen molar-refractivity contribution in [1.82, 2.24) is 5.32 Å². The number of anilines is 1. The fourth-order valence-corrected chi connectivity index (χ4v) is 3.50. The zero-order chi connectivity index (χ0) is 13.6. The van der Waals surface area contributed by atoms with Crippen LogP contribution in [0, 0.1) is 0 Å². The lowest BCUT2D eigenvalue weighted by atomic mass is 10.3. The maximum atomic E-state index is 11.8. The van der Waals surface area contributed by atoms with Crippen molar-refractivity contribution in [2.75, 3.05) is 24.1 Å². The Hall–Kier alpha value is -0.300. The molecule has 0 aliphatic heterocycles. The summed E-state index contributed by atoms with van der Waals surface area (Å²) in [6, 6.07) is 4.93. The van der Waals surface area contributed by atoms with Crippen LogP contribution in [0.3, 0.4) is 0 Å². The first-order valence-electron chi connectivity index (χ1n) is 5.55. The van der Waals surface area contributed by atoms with Crippen LogP contribution in [-0.2, 0) is 10.0 Å². The van der Waals surface area contributed by atoms with Crippen molar-refractivity contribution >= 4 is 43.2 Å². The van der Waals surface area contributed by atoms with Crippen LogP contribution in [0.1, 0.15) is 12.8 Å². The largest absolute Gasteiger partial charge is 0.320 e. The van der Waals surface area contributed by atoms with Crippen molar-refractivity contribution < 1.29 is 8.42 Å². The number of halogens is 2. The first-order chi connectivity index (χ1) is 8.44. The van der Waals surface area contributed by atoms with E-state index in [0.29, 0.717) is 21.6 Å². The molecule has 0 aromatic heterocycles. The van der Waals surface area contributed by atoms with E-state index in [2.05, 4.69) is 26.0 Å². The summed E-state index contributed by atoms with van der Waals surface area (Å²) in [4.78, 5) is 0. The lowest BCUT2D eigenvalue weighted by Crippen LogP contribution is -2.18. The van der Waals surface area contributed by atoms with Crippen molar-refractivity contribution in [2.24, 2.45) is 0 Å². The molecule has 0 spiro atoms. The molecule has 0 amide bonds. The average molecular weight is 356 g/mol. The van der Waals surface area contributed by atoms with E-state index in [4.69, 9.17) is 11.6 Å². The van der Waals surface area contributed by atoms with Gasteiger partial charge in [-0.25, -0.2) is 8.42 Å². The topological polar surface area (TPSA) is 58.2 Å². The van der Waals surface area contributed by atoms with Crippen LogP contribution >= 0.6 is 27.5 Å². The molecule has 0 bridgehead atoms. The predicted octanol–water partition coefficient (Wildman–Crippen LogP) is 2.84. The molecule has 2 N–H and O–H groups in total. The van der Waals surface area contributed by atoms with Crippen LogP contribution in [0.15, 0.2) is 22.7 Å². The first kappa shape index (κ1) is 15.8. The molecular formula is C11H16BrClN2O2S. The molecule has 4 nitrogen and oxygen atoms in total. The van der Waals surface area contributed by atoms with E-state index in [1.807, 2.05) is 7.05 Å². The summed E-state index contributed by atoms with van der Waals surface area (Å²) in [6.45, 7) is 0.820. The molecule has 0 unspecified atom stereocenters. The van der Waals surface area contributed by atoms with Crippen LogP contribution in [-0.4, -0.2) is 27.8 Å². The minimum Gasteiger partial charge on any atom is -0.320 e. The monoisotopic (exact) mass is 354 g/mol. The van der Waals surface area contributed by atoms with Crippen molar-refractivity contribution in [3.8, 4) is 0 Å². The lowest BCUT2D eigenvalue weighted by molar-refractivity contribution is 0.595. The Kier molecular flexibility index (Phi) is 6.42. The number of hydrogen-bond acceptors (Lipinski definition) is 3. The molecule has 0 aliphatic carbocycles. The van der Waals surface area contributed by atoms with Gasteiger partial charge in [0.15, 0.2) is 0 Å². The normalized spacial score (nSPS) is 11.5. The summed E-state index contributed by atoms with van der Waals surface area (Å²) in [5.41, 5.74) is 0.507. The number of sulfonamides is 1. The van der Waals surface area contributed by atoms with Gasteiger partial charge in [0.25, 0.3) is 0 Å². The van der Waals surface area contributed by atoms with Crippen LogP contribution in [0.2, 0.25) is 5.02 Å². The summed E-state index contributed by atoms with van der Waals surface area (Å²) < 4.78 is 26.8. The average Bonchev–Trinajstić information content (AvgIpc) is 2.28. The smallest absolute Gasteiger partial charge is 0.232 e. The number of benzene rings is 1. The first-order valence-corrected chi connectivity index (χ1v) is 8.37. The summed E-state index contributed by atoms with van der Waals surface area (Å²) in [6.07, 6.45) is 1.46. The van der Waals surface area contributed by atoms with Crippen LogP contribution in [0.4, 0.5) is 5.69 Å². The second-order valence-corrected chi connectivity index (χ2v) is 6.99. The molecular weight excluding hydrogens is 340 g/mol. The van der Waals surface area contributed by atoms with Gasteiger partial charge in [0.1, 0.15) is 0 Å². The Labute approximate surface area is 121 Å². The van der Waals surface area contributed by atoms with Gasteiger partial charge in [0, 0.05) is 9.50 Å². The highest BCUT2D eigenvalue weighted by molar-refractivity contribution is 9.10. The summed E-state index contributed by atoms with van der Waals surface area (Å²) >= 11 is 9.06. The van der Waals surface area contributed by atoms with Gasteiger partial charge in [0.2, 0.25) is 10.0 Å². The van der Waals surface area contributed by atoms with Crippen LogP contribution in [0.5, 0.6) is 0 Å². The van der Waals surface area contributed by atoms with E-state index in [-0.39, 0.29) is 5.75 Å². The molecule has 0 radical (unpaired) electrons. The van der Waals surface area contributed by atoms with Gasteiger partial charge in [-0.2, -0.15) is 0 Å². The van der Waals surface area contributed by atoms with Crippen molar-refractivity contribution in [3.63, 3.8) is 0 Å². The zero-order valence-electron chi connectivity index (χ0n) is 10.0. The maximum absolute atomic E-state index is 11.8. The van der Waals surface area contributed by atoms with E-state index in [1.165, 1.54) is 0 Å². The third-order valence-corrected chi connectivity index (χ3v) is 4.53. The van der Waals surface area contributed by atoms with E-state index >= 15 is 0 Å². The molecule has 0 fully saturated rings. The molecule has 0 atom stereocenters. The van der Waals surface area contributed by atoms with Gasteiger partial charge in [-0.1, -0.05) is 11.6 Å². The van der Waals surface area contributed by atoms with Crippen LogP contribution < -0.4 is 10.0 Å². The van der Waals surface area contributed by atoms with E-state index < -0.39 is 10.0 Å². The molecule has 1 aromatic rings. The van der Waals surface area contributed by atoms with Gasteiger partial charge in [-0.15, -0.1) is 0 Å². The summed E-state index contributed by atoms with van der Waals surface area (Å²) in [5.74, 6) is 0.115. The molecule has 0 heterocycles. The van der Waals surface area contributed by atoms with Crippen molar-refractivity contribution in [1.29, 1.82) is 0 Å². The molecule has 0 saturated heterocycles. The van der Waals surface area contributed by atoms with E-state index in [0.717, 1.165) is 13.0 Å². The highest BCUT2D eigenvalue weighted by Crippen LogP contribution is 2.26. The molecule has 0 aliphatic rings. The minimum atomic E-state index is -3.30. The third-order valence-electron chi connectivity index (χ3n) is 2.29. The Bertz CT molecular complexity index is 494. The fraction of sp³-hybridized carbons (Fsp3) is 0.455. The Morgan fingerprint density at radius 1 is 1.33 bits per heavy atom. The third kappa shape index (κ3) is 5.56. The Morgan fingerprint density at radius 2 is 2.06 bits per heavy atom. The Balaban J connectivity index is 2.59. The number of nitrogens with one attached hydrogen (secondary N) is 2. The van der Waals surface area contributed by atoms with Gasteiger partial charge < -0.3 is 5.32 Å². The SMILES string of the molecule is CNCCCCS(=O)(=O)Nc1ccc(Cl)cc1Br. The standard InChI is InChI=1S/C11H16BrClN2O2S/c1-14-6-2-3-7-18(16,17)15-11-5-4-9(13)8-10(11)12/h4-5,8,14-15H,2-3,6-7H2,1H3.